The molecular formula is C15H11FN2O3S. The third-order valence-electron chi connectivity index (χ3n) is 2.89. The molecule has 2 rings (SSSR count). The number of sulfone groups is 1. The minimum Gasteiger partial charge on any atom is -0.319 e. The molecule has 0 fully saturated rings. The lowest BCUT2D eigenvalue weighted by Gasteiger charge is -2.08. The molecule has 0 radical (unpaired) electrons. The molecule has 0 aromatic heterocycles. The fourth-order valence-electron chi connectivity index (χ4n) is 1.72. The minimum absolute atomic E-state index is 0.0935. The molecule has 0 spiro atoms. The van der Waals surface area contributed by atoms with E-state index in [1.807, 2.05) is 6.07 Å². The van der Waals surface area contributed by atoms with Gasteiger partial charge in [0, 0.05) is 11.8 Å². The number of nitrogens with one attached hydrogen (secondary N) is 1. The summed E-state index contributed by atoms with van der Waals surface area (Å²) < 4.78 is 36.6. The molecular weight excluding hydrogens is 307 g/mol. The van der Waals surface area contributed by atoms with Gasteiger partial charge in [0.2, 0.25) is 0 Å². The molecule has 0 heterocycles. The molecule has 1 amide bonds. The van der Waals surface area contributed by atoms with Gasteiger partial charge < -0.3 is 5.32 Å². The Hall–Kier alpha value is -2.72. The van der Waals surface area contributed by atoms with E-state index in [2.05, 4.69) is 5.32 Å². The lowest BCUT2D eigenvalue weighted by Crippen LogP contribution is -2.13. The molecule has 2 aromatic carbocycles. The van der Waals surface area contributed by atoms with Crippen molar-refractivity contribution in [2.24, 2.45) is 0 Å². The third-order valence-corrected chi connectivity index (χ3v) is 4.00. The summed E-state index contributed by atoms with van der Waals surface area (Å²) in [4.78, 5) is 11.9. The van der Waals surface area contributed by atoms with Crippen LogP contribution in [0.3, 0.4) is 0 Å². The molecule has 22 heavy (non-hydrogen) atoms. The lowest BCUT2D eigenvalue weighted by atomic mass is 10.1. The number of amides is 1. The molecule has 0 saturated heterocycles. The van der Waals surface area contributed by atoms with Crippen molar-refractivity contribution in [2.75, 3.05) is 11.6 Å². The molecule has 0 aliphatic carbocycles. The van der Waals surface area contributed by atoms with Crippen LogP contribution in [0.25, 0.3) is 0 Å². The first kappa shape index (κ1) is 15.7. The summed E-state index contributed by atoms with van der Waals surface area (Å²) in [6.45, 7) is 0. The Bertz CT molecular complexity index is 869. The molecule has 0 aliphatic rings. The SMILES string of the molecule is CS(=O)(=O)c1ccc(F)c(NC(=O)c2ccc(C#N)cc2)c1. The van der Waals surface area contributed by atoms with Crippen molar-refractivity contribution in [1.82, 2.24) is 0 Å². The van der Waals surface area contributed by atoms with Crippen LogP contribution in [-0.4, -0.2) is 20.6 Å². The number of hydrogen-bond donors (Lipinski definition) is 1. The zero-order valence-electron chi connectivity index (χ0n) is 11.5. The summed E-state index contributed by atoms with van der Waals surface area (Å²) in [6.07, 6.45) is 0.993. The van der Waals surface area contributed by atoms with Gasteiger partial charge in [0.15, 0.2) is 9.84 Å². The Labute approximate surface area is 126 Å². The number of benzene rings is 2. The third kappa shape index (κ3) is 3.48. The summed E-state index contributed by atoms with van der Waals surface area (Å²) >= 11 is 0. The summed E-state index contributed by atoms with van der Waals surface area (Å²) in [6, 6.07) is 10.8. The van der Waals surface area contributed by atoms with Gasteiger partial charge in [-0.1, -0.05) is 0 Å². The number of rotatable bonds is 3. The van der Waals surface area contributed by atoms with Crippen LogP contribution in [0.1, 0.15) is 15.9 Å². The monoisotopic (exact) mass is 318 g/mol. The van der Waals surface area contributed by atoms with Crippen molar-refractivity contribution in [3.8, 4) is 6.07 Å². The first-order valence-corrected chi connectivity index (χ1v) is 8.01. The lowest BCUT2D eigenvalue weighted by molar-refractivity contribution is 0.102. The first-order chi connectivity index (χ1) is 10.3. The highest BCUT2D eigenvalue weighted by atomic mass is 32.2. The molecule has 0 saturated carbocycles. The summed E-state index contributed by atoms with van der Waals surface area (Å²) in [5.41, 5.74) is 0.391. The second-order valence-corrected chi connectivity index (χ2v) is 6.57. The second-order valence-electron chi connectivity index (χ2n) is 4.56. The molecule has 0 bridgehead atoms. The topological polar surface area (TPSA) is 87.0 Å². The fraction of sp³-hybridized carbons (Fsp3) is 0.0667. The second kappa shape index (κ2) is 5.95. The Morgan fingerprint density at radius 1 is 1.18 bits per heavy atom. The summed E-state index contributed by atoms with van der Waals surface area (Å²) in [7, 11) is -3.51. The van der Waals surface area contributed by atoms with Crippen molar-refractivity contribution >= 4 is 21.4 Å². The first-order valence-electron chi connectivity index (χ1n) is 6.12. The maximum Gasteiger partial charge on any atom is 0.255 e. The van der Waals surface area contributed by atoms with Crippen LogP contribution in [-0.2, 0) is 9.84 Å². The normalized spacial score (nSPS) is 10.8. The number of anilines is 1. The molecule has 0 aliphatic heterocycles. The van der Waals surface area contributed by atoms with E-state index in [0.717, 1.165) is 24.5 Å². The Balaban J connectivity index is 2.30. The molecule has 1 N–H and O–H groups in total. The van der Waals surface area contributed by atoms with Crippen molar-refractivity contribution in [3.63, 3.8) is 0 Å². The van der Waals surface area contributed by atoms with Gasteiger partial charge in [-0.3, -0.25) is 4.79 Å². The van der Waals surface area contributed by atoms with Gasteiger partial charge in [-0.05, 0) is 42.5 Å². The van der Waals surface area contributed by atoms with E-state index in [1.165, 1.54) is 24.3 Å². The van der Waals surface area contributed by atoms with Crippen molar-refractivity contribution in [2.45, 2.75) is 4.90 Å². The van der Waals surface area contributed by atoms with E-state index in [1.54, 1.807) is 0 Å². The minimum atomic E-state index is -3.51. The van der Waals surface area contributed by atoms with Crippen LogP contribution in [0.15, 0.2) is 47.4 Å². The quantitative estimate of drug-likeness (QED) is 0.880. The Morgan fingerprint density at radius 2 is 1.82 bits per heavy atom. The van der Waals surface area contributed by atoms with Crippen LogP contribution in [0.4, 0.5) is 10.1 Å². The van der Waals surface area contributed by atoms with Gasteiger partial charge in [-0.2, -0.15) is 5.26 Å². The Kier molecular flexibility index (Phi) is 4.24. The number of carbonyl (C=O) groups is 1. The Morgan fingerprint density at radius 3 is 2.36 bits per heavy atom. The van der Waals surface area contributed by atoms with Gasteiger partial charge in [0.05, 0.1) is 22.2 Å². The molecule has 0 atom stereocenters. The summed E-state index contributed by atoms with van der Waals surface area (Å²) in [5.74, 6) is -1.34. The maximum absolute atomic E-state index is 13.7. The zero-order valence-corrected chi connectivity index (χ0v) is 12.3. The van der Waals surface area contributed by atoms with Gasteiger partial charge in [0.25, 0.3) is 5.91 Å². The smallest absolute Gasteiger partial charge is 0.255 e. The van der Waals surface area contributed by atoms with E-state index >= 15 is 0 Å². The van der Waals surface area contributed by atoms with E-state index in [0.29, 0.717) is 5.56 Å². The average molecular weight is 318 g/mol. The number of hydrogen-bond acceptors (Lipinski definition) is 4. The molecule has 2 aromatic rings. The molecule has 5 nitrogen and oxygen atoms in total. The molecule has 0 unspecified atom stereocenters. The fourth-order valence-corrected chi connectivity index (χ4v) is 2.37. The van der Waals surface area contributed by atoms with Crippen molar-refractivity contribution in [3.05, 3.63) is 59.4 Å². The van der Waals surface area contributed by atoms with Gasteiger partial charge in [-0.25, -0.2) is 12.8 Å². The molecule has 112 valence electrons. The van der Waals surface area contributed by atoms with E-state index in [-0.39, 0.29) is 16.1 Å². The van der Waals surface area contributed by atoms with Gasteiger partial charge >= 0.3 is 0 Å². The molecule has 7 heteroatoms. The number of nitrogens with zero attached hydrogens (tertiary/aromatic N) is 1. The van der Waals surface area contributed by atoms with Crippen LogP contribution < -0.4 is 5.32 Å². The number of halogens is 1. The van der Waals surface area contributed by atoms with Crippen LogP contribution in [0.5, 0.6) is 0 Å². The predicted molar refractivity (Wildman–Crippen MR) is 78.6 cm³/mol. The van der Waals surface area contributed by atoms with Crippen LogP contribution in [0, 0.1) is 17.1 Å². The summed E-state index contributed by atoms with van der Waals surface area (Å²) in [5, 5.41) is 11.0. The standard InChI is InChI=1S/C15H11FN2O3S/c1-22(20,21)12-6-7-13(16)14(8-12)18-15(19)11-4-2-10(9-17)3-5-11/h2-8H,1H3,(H,18,19). The highest BCUT2D eigenvalue weighted by molar-refractivity contribution is 7.90. The van der Waals surface area contributed by atoms with Gasteiger partial charge in [0.1, 0.15) is 5.82 Å². The average Bonchev–Trinajstić information content (AvgIpc) is 2.48. The van der Waals surface area contributed by atoms with E-state index < -0.39 is 21.6 Å². The number of nitriles is 1. The predicted octanol–water partition coefficient (Wildman–Crippen LogP) is 2.35. The van der Waals surface area contributed by atoms with E-state index in [4.69, 9.17) is 5.26 Å². The maximum atomic E-state index is 13.7. The van der Waals surface area contributed by atoms with Crippen LogP contribution in [0.2, 0.25) is 0 Å². The van der Waals surface area contributed by atoms with E-state index in [9.17, 15) is 17.6 Å². The van der Waals surface area contributed by atoms with Crippen LogP contribution >= 0.6 is 0 Å². The highest BCUT2D eigenvalue weighted by Gasteiger charge is 2.14. The number of carbonyl (C=O) groups excluding carboxylic acids is 1. The van der Waals surface area contributed by atoms with Crippen molar-refractivity contribution < 1.29 is 17.6 Å². The van der Waals surface area contributed by atoms with Crippen molar-refractivity contribution in [1.29, 1.82) is 5.26 Å². The zero-order chi connectivity index (χ0) is 16.3. The highest BCUT2D eigenvalue weighted by Crippen LogP contribution is 2.20. The largest absolute Gasteiger partial charge is 0.319 e. The van der Waals surface area contributed by atoms with Gasteiger partial charge in [-0.15, -0.1) is 0 Å².